The van der Waals surface area contributed by atoms with Crippen LogP contribution in [-0.4, -0.2) is 18.6 Å². The number of nitrogens with one attached hydrogen (secondary N) is 1. The Kier molecular flexibility index (Phi) is 5.56. The molecule has 5 heteroatoms. The summed E-state index contributed by atoms with van der Waals surface area (Å²) in [5.41, 5.74) is 6.57. The molecular weight excluding hydrogens is 271 g/mol. The van der Waals surface area contributed by atoms with Crippen molar-refractivity contribution in [1.29, 1.82) is 0 Å². The number of ether oxygens (including phenoxy) is 1. The van der Waals surface area contributed by atoms with Crippen LogP contribution in [0.4, 0.5) is 10.1 Å². The van der Waals surface area contributed by atoms with Crippen LogP contribution in [0.15, 0.2) is 18.2 Å². The maximum Gasteiger partial charge on any atom is 0.224 e. The number of hydrogen-bond acceptors (Lipinski definition) is 3. The summed E-state index contributed by atoms with van der Waals surface area (Å²) in [4.78, 5) is 12.2. The number of halogens is 1. The molecule has 2 unspecified atom stereocenters. The highest BCUT2D eigenvalue weighted by molar-refractivity contribution is 5.92. The van der Waals surface area contributed by atoms with E-state index in [-0.39, 0.29) is 23.7 Å². The van der Waals surface area contributed by atoms with Crippen LogP contribution < -0.4 is 15.8 Å². The van der Waals surface area contributed by atoms with Gasteiger partial charge in [-0.15, -0.1) is 0 Å². The summed E-state index contributed by atoms with van der Waals surface area (Å²) in [5.74, 6) is 0.115. The van der Waals surface area contributed by atoms with Crippen LogP contribution in [0.25, 0.3) is 0 Å². The minimum atomic E-state index is -0.384. The van der Waals surface area contributed by atoms with Crippen molar-refractivity contribution in [2.75, 3.05) is 11.9 Å². The van der Waals surface area contributed by atoms with Gasteiger partial charge in [-0.25, -0.2) is 4.39 Å². The third kappa shape index (κ3) is 4.43. The van der Waals surface area contributed by atoms with Crippen molar-refractivity contribution in [3.05, 3.63) is 24.0 Å². The molecule has 0 aromatic heterocycles. The maximum absolute atomic E-state index is 13.2. The van der Waals surface area contributed by atoms with Gasteiger partial charge in [-0.2, -0.15) is 0 Å². The first-order chi connectivity index (χ1) is 10.1. The summed E-state index contributed by atoms with van der Waals surface area (Å²) in [5, 5.41) is 2.80. The Morgan fingerprint density at radius 3 is 2.90 bits per heavy atom. The summed E-state index contributed by atoms with van der Waals surface area (Å²) in [6.07, 6.45) is 4.66. The van der Waals surface area contributed by atoms with Crippen LogP contribution >= 0.6 is 0 Å². The van der Waals surface area contributed by atoms with Gasteiger partial charge >= 0.3 is 0 Å². The number of hydrogen-bond donors (Lipinski definition) is 2. The van der Waals surface area contributed by atoms with Crippen molar-refractivity contribution >= 4 is 11.6 Å². The van der Waals surface area contributed by atoms with Gasteiger partial charge in [0.25, 0.3) is 0 Å². The molecule has 1 amide bonds. The molecule has 0 radical (unpaired) electrons. The Morgan fingerprint density at radius 1 is 1.43 bits per heavy atom. The lowest BCUT2D eigenvalue weighted by molar-refractivity contribution is -0.117. The zero-order chi connectivity index (χ0) is 15.2. The number of benzene rings is 1. The maximum atomic E-state index is 13.2. The van der Waals surface area contributed by atoms with Gasteiger partial charge in [-0.1, -0.05) is 12.8 Å². The molecular formula is C16H23FN2O2. The Balaban J connectivity index is 1.98. The van der Waals surface area contributed by atoms with Gasteiger partial charge in [0.15, 0.2) is 0 Å². The topological polar surface area (TPSA) is 64.3 Å². The van der Waals surface area contributed by atoms with E-state index >= 15 is 0 Å². The second-order valence-corrected chi connectivity index (χ2v) is 5.53. The SMILES string of the molecule is CCOc1cc(F)ccc1NC(=O)CC1CCCCC1N. The standard InChI is InChI=1S/C16H23FN2O2/c1-2-21-15-10-12(17)7-8-14(15)19-16(20)9-11-5-3-4-6-13(11)18/h7-8,10-11,13H,2-6,9,18H2,1H3,(H,19,20). The number of anilines is 1. The zero-order valence-electron chi connectivity index (χ0n) is 12.4. The molecule has 1 aliphatic carbocycles. The van der Waals surface area contributed by atoms with Crippen LogP contribution in [0.3, 0.4) is 0 Å². The minimum absolute atomic E-state index is 0.0927. The molecule has 116 valence electrons. The summed E-state index contributed by atoms with van der Waals surface area (Å²) in [6.45, 7) is 2.23. The summed E-state index contributed by atoms with van der Waals surface area (Å²) < 4.78 is 18.6. The number of nitrogens with two attached hydrogens (primary N) is 1. The average molecular weight is 294 g/mol. The van der Waals surface area contributed by atoms with E-state index in [1.807, 2.05) is 6.92 Å². The van der Waals surface area contributed by atoms with E-state index in [2.05, 4.69) is 5.32 Å². The third-order valence-electron chi connectivity index (χ3n) is 3.93. The highest BCUT2D eigenvalue weighted by Crippen LogP contribution is 2.28. The van der Waals surface area contributed by atoms with E-state index in [4.69, 9.17) is 10.5 Å². The van der Waals surface area contributed by atoms with Crippen LogP contribution in [0.1, 0.15) is 39.0 Å². The highest BCUT2D eigenvalue weighted by Gasteiger charge is 2.24. The van der Waals surface area contributed by atoms with E-state index in [1.165, 1.54) is 18.2 Å². The normalized spacial score (nSPS) is 21.9. The Morgan fingerprint density at radius 2 is 2.19 bits per heavy atom. The van der Waals surface area contributed by atoms with Crippen molar-refractivity contribution < 1.29 is 13.9 Å². The number of carbonyl (C=O) groups excluding carboxylic acids is 1. The molecule has 2 atom stereocenters. The molecule has 2 rings (SSSR count). The molecule has 0 saturated heterocycles. The first-order valence-corrected chi connectivity index (χ1v) is 7.58. The molecule has 0 spiro atoms. The van der Waals surface area contributed by atoms with Crippen molar-refractivity contribution in [2.24, 2.45) is 11.7 Å². The largest absolute Gasteiger partial charge is 0.492 e. The molecule has 0 bridgehead atoms. The molecule has 3 N–H and O–H groups in total. The number of rotatable bonds is 5. The number of carbonyl (C=O) groups is 1. The number of amides is 1. The molecule has 1 aromatic rings. The van der Waals surface area contributed by atoms with Crippen LogP contribution in [0.5, 0.6) is 5.75 Å². The van der Waals surface area contributed by atoms with Gasteiger partial charge in [0, 0.05) is 18.5 Å². The minimum Gasteiger partial charge on any atom is -0.492 e. The van der Waals surface area contributed by atoms with Gasteiger partial charge in [-0.3, -0.25) is 4.79 Å². The van der Waals surface area contributed by atoms with Gasteiger partial charge in [-0.05, 0) is 37.8 Å². The molecule has 1 aliphatic rings. The first kappa shape index (κ1) is 15.8. The quantitative estimate of drug-likeness (QED) is 0.877. The lowest BCUT2D eigenvalue weighted by atomic mass is 9.83. The molecule has 1 saturated carbocycles. The molecule has 1 aromatic carbocycles. The van der Waals surface area contributed by atoms with E-state index in [9.17, 15) is 9.18 Å². The molecule has 0 heterocycles. The fourth-order valence-electron chi connectivity index (χ4n) is 2.80. The van der Waals surface area contributed by atoms with Gasteiger partial charge in [0.05, 0.1) is 12.3 Å². The van der Waals surface area contributed by atoms with E-state index < -0.39 is 0 Å². The lowest BCUT2D eigenvalue weighted by Gasteiger charge is -2.28. The van der Waals surface area contributed by atoms with Gasteiger partial charge < -0.3 is 15.8 Å². The van der Waals surface area contributed by atoms with E-state index in [0.29, 0.717) is 24.5 Å². The molecule has 21 heavy (non-hydrogen) atoms. The van der Waals surface area contributed by atoms with Crippen molar-refractivity contribution in [1.82, 2.24) is 0 Å². The monoisotopic (exact) mass is 294 g/mol. The Labute approximate surface area is 124 Å². The predicted molar refractivity (Wildman–Crippen MR) is 80.7 cm³/mol. The summed E-state index contributed by atoms with van der Waals surface area (Å²) in [7, 11) is 0. The predicted octanol–water partition coefficient (Wildman–Crippen LogP) is 3.07. The average Bonchev–Trinajstić information content (AvgIpc) is 2.45. The fraction of sp³-hybridized carbons (Fsp3) is 0.562. The van der Waals surface area contributed by atoms with Crippen molar-refractivity contribution in [3.8, 4) is 5.75 Å². The highest BCUT2D eigenvalue weighted by atomic mass is 19.1. The van der Waals surface area contributed by atoms with E-state index in [0.717, 1.165) is 25.7 Å². The second-order valence-electron chi connectivity index (χ2n) is 5.53. The Hall–Kier alpha value is -1.62. The molecule has 4 nitrogen and oxygen atoms in total. The first-order valence-electron chi connectivity index (χ1n) is 7.58. The third-order valence-corrected chi connectivity index (χ3v) is 3.93. The van der Waals surface area contributed by atoms with Crippen LogP contribution in [0.2, 0.25) is 0 Å². The summed E-state index contributed by atoms with van der Waals surface area (Å²) in [6, 6.07) is 4.22. The molecule has 1 fully saturated rings. The van der Waals surface area contributed by atoms with Crippen molar-refractivity contribution in [3.63, 3.8) is 0 Å². The van der Waals surface area contributed by atoms with Crippen LogP contribution in [0, 0.1) is 11.7 Å². The van der Waals surface area contributed by atoms with Gasteiger partial charge in [0.1, 0.15) is 11.6 Å². The summed E-state index contributed by atoms with van der Waals surface area (Å²) >= 11 is 0. The van der Waals surface area contributed by atoms with Crippen molar-refractivity contribution in [2.45, 2.75) is 45.1 Å². The lowest BCUT2D eigenvalue weighted by Crippen LogP contribution is -2.35. The molecule has 0 aliphatic heterocycles. The van der Waals surface area contributed by atoms with Gasteiger partial charge in [0.2, 0.25) is 5.91 Å². The zero-order valence-corrected chi connectivity index (χ0v) is 12.4. The smallest absolute Gasteiger partial charge is 0.224 e. The van der Waals surface area contributed by atoms with Crippen LogP contribution in [-0.2, 0) is 4.79 Å². The van der Waals surface area contributed by atoms with E-state index in [1.54, 1.807) is 0 Å². The second kappa shape index (κ2) is 7.41. The Bertz CT molecular complexity index is 493. The fourth-order valence-corrected chi connectivity index (χ4v) is 2.80.